The van der Waals surface area contributed by atoms with Crippen LogP contribution in [0.5, 0.6) is 0 Å². The van der Waals surface area contributed by atoms with Crippen LogP contribution in [-0.4, -0.2) is 18.0 Å². The maximum atomic E-state index is 3.67. The van der Waals surface area contributed by atoms with Gasteiger partial charge in [0, 0.05) is 23.3 Å². The molecule has 1 aromatic rings. The summed E-state index contributed by atoms with van der Waals surface area (Å²) in [4.78, 5) is 2.64. The zero-order chi connectivity index (χ0) is 12.4. The summed E-state index contributed by atoms with van der Waals surface area (Å²) in [7, 11) is 0. The maximum absolute atomic E-state index is 3.67. The Bertz CT molecular complexity index is 458. The first kappa shape index (κ1) is 12.3. The average Bonchev–Trinajstić information content (AvgIpc) is 3.02. The highest BCUT2D eigenvalue weighted by Gasteiger charge is 2.22. The third-order valence-corrected chi connectivity index (χ3v) is 4.92. The van der Waals surface area contributed by atoms with Gasteiger partial charge in [0.2, 0.25) is 0 Å². The summed E-state index contributed by atoms with van der Waals surface area (Å²) in [6.45, 7) is 2.57. The third-order valence-electron chi connectivity index (χ3n) is 4.15. The van der Waals surface area contributed by atoms with E-state index >= 15 is 0 Å². The molecule has 1 fully saturated rings. The van der Waals surface area contributed by atoms with Crippen LogP contribution < -0.4 is 0 Å². The Kier molecular flexibility index (Phi) is 3.74. The lowest BCUT2D eigenvalue weighted by molar-refractivity contribution is 0.411. The van der Waals surface area contributed by atoms with Gasteiger partial charge in [-0.1, -0.05) is 34.1 Å². The second-order valence-corrected chi connectivity index (χ2v) is 6.22. The van der Waals surface area contributed by atoms with Gasteiger partial charge in [-0.25, -0.2) is 0 Å². The molecular formula is C16H20BrN. The molecule has 0 amide bonds. The van der Waals surface area contributed by atoms with E-state index in [-0.39, 0.29) is 0 Å². The van der Waals surface area contributed by atoms with Crippen LogP contribution in [0.25, 0.3) is 0 Å². The maximum Gasteiger partial charge on any atom is 0.0210 e. The minimum absolute atomic E-state index is 1.13. The molecule has 0 aromatic heterocycles. The van der Waals surface area contributed by atoms with E-state index in [4.69, 9.17) is 0 Å². The van der Waals surface area contributed by atoms with Crippen LogP contribution in [0.4, 0.5) is 0 Å². The first-order valence-corrected chi connectivity index (χ1v) is 7.83. The molecule has 0 atom stereocenters. The van der Waals surface area contributed by atoms with E-state index < -0.39 is 0 Å². The predicted octanol–water partition coefficient (Wildman–Crippen LogP) is 4.53. The van der Waals surface area contributed by atoms with E-state index in [1.54, 1.807) is 11.3 Å². The molecule has 1 aromatic carbocycles. The summed E-state index contributed by atoms with van der Waals surface area (Å²) in [6, 6.07) is 8.64. The molecule has 3 rings (SSSR count). The van der Waals surface area contributed by atoms with Crippen LogP contribution in [-0.2, 0) is 6.42 Å². The Morgan fingerprint density at radius 1 is 1.00 bits per heavy atom. The summed E-state index contributed by atoms with van der Waals surface area (Å²) in [5.74, 6) is 0. The van der Waals surface area contributed by atoms with Crippen LogP contribution in [0.3, 0.4) is 0 Å². The Morgan fingerprint density at radius 3 is 2.56 bits per heavy atom. The molecule has 0 radical (unpaired) electrons. The van der Waals surface area contributed by atoms with Crippen LogP contribution in [0.15, 0.2) is 40.0 Å². The smallest absolute Gasteiger partial charge is 0.0210 e. The molecule has 0 bridgehead atoms. The molecule has 0 spiro atoms. The molecule has 1 aliphatic heterocycles. The minimum atomic E-state index is 1.13. The lowest BCUT2D eigenvalue weighted by atomic mass is 10.0. The van der Waals surface area contributed by atoms with Crippen LogP contribution in [0, 0.1) is 0 Å². The first-order chi connectivity index (χ1) is 8.84. The summed E-state index contributed by atoms with van der Waals surface area (Å²) in [5.41, 5.74) is 4.79. The summed E-state index contributed by atoms with van der Waals surface area (Å²) in [6.07, 6.45) is 7.85. The fourth-order valence-electron chi connectivity index (χ4n) is 3.22. The normalized spacial score (nSPS) is 19.9. The van der Waals surface area contributed by atoms with Crippen molar-refractivity contribution in [3.05, 3.63) is 45.6 Å². The molecule has 96 valence electrons. The molecule has 0 saturated carbocycles. The number of hydrogen-bond acceptors (Lipinski definition) is 1. The number of benzene rings is 1. The van der Waals surface area contributed by atoms with E-state index in [9.17, 15) is 0 Å². The third kappa shape index (κ3) is 2.49. The van der Waals surface area contributed by atoms with Gasteiger partial charge in [0.25, 0.3) is 0 Å². The molecule has 0 unspecified atom stereocenters. The van der Waals surface area contributed by atoms with Crippen molar-refractivity contribution in [2.75, 3.05) is 13.1 Å². The number of allylic oxidation sites excluding steroid dienone is 2. The zero-order valence-electron chi connectivity index (χ0n) is 10.8. The van der Waals surface area contributed by atoms with Crippen molar-refractivity contribution in [1.82, 2.24) is 4.90 Å². The number of halogens is 1. The average molecular weight is 306 g/mol. The molecule has 18 heavy (non-hydrogen) atoms. The topological polar surface area (TPSA) is 3.24 Å². The van der Waals surface area contributed by atoms with E-state index in [2.05, 4.69) is 45.1 Å². The van der Waals surface area contributed by atoms with Crippen molar-refractivity contribution < 1.29 is 0 Å². The first-order valence-electron chi connectivity index (χ1n) is 7.04. The van der Waals surface area contributed by atoms with Crippen molar-refractivity contribution >= 4 is 15.9 Å². The lowest BCUT2D eigenvalue weighted by Crippen LogP contribution is -2.18. The highest BCUT2D eigenvalue weighted by atomic mass is 79.9. The minimum Gasteiger partial charge on any atom is -0.375 e. The van der Waals surface area contributed by atoms with Gasteiger partial charge in [-0.3, -0.25) is 0 Å². The fourth-order valence-corrected chi connectivity index (χ4v) is 3.65. The van der Waals surface area contributed by atoms with Gasteiger partial charge in [0.15, 0.2) is 0 Å². The van der Waals surface area contributed by atoms with Gasteiger partial charge in [-0.2, -0.15) is 0 Å². The Labute approximate surface area is 118 Å². The Balaban J connectivity index is 1.82. The van der Waals surface area contributed by atoms with Crippen molar-refractivity contribution in [2.24, 2.45) is 0 Å². The van der Waals surface area contributed by atoms with Gasteiger partial charge < -0.3 is 4.90 Å². The van der Waals surface area contributed by atoms with E-state index in [0.29, 0.717) is 0 Å². The van der Waals surface area contributed by atoms with Crippen LogP contribution in [0.2, 0.25) is 0 Å². The molecule has 1 nitrogen and oxygen atoms in total. The monoisotopic (exact) mass is 305 g/mol. The van der Waals surface area contributed by atoms with Gasteiger partial charge in [0.1, 0.15) is 0 Å². The summed E-state index contributed by atoms with van der Waals surface area (Å²) in [5, 5.41) is 0. The van der Waals surface area contributed by atoms with Gasteiger partial charge in [-0.05, 0) is 55.7 Å². The molecule has 1 aliphatic carbocycles. The SMILES string of the molecule is Brc1ccccc1CC1=C(N2CCCC2)CCC1. The van der Waals surface area contributed by atoms with E-state index in [1.165, 1.54) is 55.2 Å². The number of rotatable bonds is 3. The van der Waals surface area contributed by atoms with E-state index in [1.807, 2.05) is 0 Å². The number of hydrogen-bond donors (Lipinski definition) is 0. The number of nitrogens with zero attached hydrogens (tertiary/aromatic N) is 1. The molecular weight excluding hydrogens is 286 g/mol. The van der Waals surface area contributed by atoms with E-state index in [0.717, 1.165) is 6.42 Å². The van der Waals surface area contributed by atoms with Crippen molar-refractivity contribution in [3.63, 3.8) is 0 Å². The molecule has 2 aliphatic rings. The lowest BCUT2D eigenvalue weighted by Gasteiger charge is -2.21. The standard InChI is InChI=1S/C16H20BrN/c17-15-8-2-1-6-13(15)12-14-7-5-9-16(14)18-10-3-4-11-18/h1-2,6,8H,3-5,7,9-12H2. The van der Waals surface area contributed by atoms with Gasteiger partial charge in [0.05, 0.1) is 0 Å². The molecule has 1 heterocycles. The highest BCUT2D eigenvalue weighted by Crippen LogP contribution is 2.34. The largest absolute Gasteiger partial charge is 0.375 e. The molecule has 1 saturated heterocycles. The predicted molar refractivity (Wildman–Crippen MR) is 79.5 cm³/mol. The summed E-state index contributed by atoms with van der Waals surface area (Å²) < 4.78 is 1.25. The van der Waals surface area contributed by atoms with Crippen molar-refractivity contribution in [2.45, 2.75) is 38.5 Å². The van der Waals surface area contributed by atoms with Crippen molar-refractivity contribution in [3.8, 4) is 0 Å². The zero-order valence-corrected chi connectivity index (χ0v) is 12.4. The molecule has 0 N–H and O–H groups in total. The van der Waals surface area contributed by atoms with Gasteiger partial charge >= 0.3 is 0 Å². The van der Waals surface area contributed by atoms with Crippen LogP contribution >= 0.6 is 15.9 Å². The Morgan fingerprint density at radius 2 is 1.78 bits per heavy atom. The second kappa shape index (κ2) is 5.48. The highest BCUT2D eigenvalue weighted by molar-refractivity contribution is 9.10. The Hall–Kier alpha value is -0.760. The fraction of sp³-hybridized carbons (Fsp3) is 0.500. The number of likely N-dealkylation sites (tertiary alicyclic amines) is 1. The second-order valence-electron chi connectivity index (χ2n) is 5.37. The quantitative estimate of drug-likeness (QED) is 0.793. The van der Waals surface area contributed by atoms with Crippen molar-refractivity contribution in [1.29, 1.82) is 0 Å². The molecule has 2 heteroatoms. The van der Waals surface area contributed by atoms with Crippen LogP contribution in [0.1, 0.15) is 37.7 Å². The van der Waals surface area contributed by atoms with Gasteiger partial charge in [-0.15, -0.1) is 0 Å². The summed E-state index contributed by atoms with van der Waals surface area (Å²) >= 11 is 3.67.